The Morgan fingerprint density at radius 1 is 0.786 bits per heavy atom. The van der Waals surface area contributed by atoms with Crippen LogP contribution in [0.2, 0.25) is 18.1 Å². The molecule has 0 aromatic heterocycles. The molecule has 0 aliphatic heterocycles. The Balaban J connectivity index is 4.53. The van der Waals surface area contributed by atoms with E-state index in [-0.39, 0.29) is 0 Å². The maximum Gasteiger partial charge on any atom is 0.128 e. The average molecular weight is 215 g/mol. The van der Waals surface area contributed by atoms with E-state index in [0.717, 1.165) is 0 Å². The largest absolute Gasteiger partial charge is 0.326 e. The van der Waals surface area contributed by atoms with Crippen LogP contribution in [0.25, 0.3) is 0 Å². The molecule has 0 saturated heterocycles. The van der Waals surface area contributed by atoms with Gasteiger partial charge in [-0.05, 0) is 31.7 Å². The quantitative estimate of drug-likeness (QED) is 0.551. The van der Waals surface area contributed by atoms with Gasteiger partial charge in [0.15, 0.2) is 0 Å². The molecule has 0 heterocycles. The second-order valence-electron chi connectivity index (χ2n) is 4.49. The lowest BCUT2D eigenvalue weighted by atomic mass is 10.5. The molecule has 0 radical (unpaired) electrons. The minimum atomic E-state index is -1.07. The molecule has 0 rings (SSSR count). The molecular formula is C12H29NSi. The second kappa shape index (κ2) is 7.47. The number of hydrogen-bond acceptors (Lipinski definition) is 1. The normalized spacial score (nSPS) is 12.4. The van der Waals surface area contributed by atoms with Crippen LogP contribution in [0, 0.1) is 0 Å². The molecule has 0 unspecified atom stereocenters. The topological polar surface area (TPSA) is 3.24 Å². The molecule has 0 aromatic carbocycles. The summed E-state index contributed by atoms with van der Waals surface area (Å²) in [6, 6.07) is 4.50. The van der Waals surface area contributed by atoms with E-state index in [1.54, 1.807) is 0 Å². The van der Waals surface area contributed by atoms with Crippen molar-refractivity contribution in [2.24, 2.45) is 0 Å². The SMILES string of the molecule is CCC[Si](CCC)(CCC)N(C)CC. The van der Waals surface area contributed by atoms with Crippen LogP contribution in [0.15, 0.2) is 0 Å². The predicted molar refractivity (Wildman–Crippen MR) is 69.4 cm³/mol. The lowest BCUT2D eigenvalue weighted by Crippen LogP contribution is -2.50. The summed E-state index contributed by atoms with van der Waals surface area (Å²) in [5.41, 5.74) is 0. The second-order valence-corrected chi connectivity index (χ2v) is 9.20. The third-order valence-corrected chi connectivity index (χ3v) is 9.66. The Bertz CT molecular complexity index is 119. The van der Waals surface area contributed by atoms with Crippen molar-refractivity contribution in [1.82, 2.24) is 4.57 Å². The molecule has 1 nitrogen and oxygen atoms in total. The summed E-state index contributed by atoms with van der Waals surface area (Å²) >= 11 is 0. The molecule has 2 heteroatoms. The first-order valence-corrected chi connectivity index (χ1v) is 8.94. The molecular weight excluding hydrogens is 186 g/mol. The molecule has 0 aromatic rings. The van der Waals surface area contributed by atoms with E-state index < -0.39 is 8.24 Å². The van der Waals surface area contributed by atoms with Gasteiger partial charge in [0.25, 0.3) is 0 Å². The third kappa shape index (κ3) is 3.74. The van der Waals surface area contributed by atoms with Crippen LogP contribution in [0.5, 0.6) is 0 Å². The summed E-state index contributed by atoms with van der Waals surface area (Å²) in [5.74, 6) is 0. The predicted octanol–water partition coefficient (Wildman–Crippen LogP) is 4.11. The van der Waals surface area contributed by atoms with Gasteiger partial charge in [-0.3, -0.25) is 0 Å². The highest BCUT2D eigenvalue weighted by Crippen LogP contribution is 2.28. The van der Waals surface area contributed by atoms with Crippen molar-refractivity contribution in [3.05, 3.63) is 0 Å². The number of rotatable bonds is 8. The monoisotopic (exact) mass is 215 g/mol. The fourth-order valence-corrected chi connectivity index (χ4v) is 8.04. The molecule has 0 saturated carbocycles. The van der Waals surface area contributed by atoms with Gasteiger partial charge in [0.2, 0.25) is 0 Å². The fraction of sp³-hybridized carbons (Fsp3) is 1.00. The van der Waals surface area contributed by atoms with Gasteiger partial charge in [-0.2, -0.15) is 0 Å². The van der Waals surface area contributed by atoms with Gasteiger partial charge in [0, 0.05) is 0 Å². The molecule has 0 fully saturated rings. The zero-order valence-corrected chi connectivity index (χ0v) is 11.9. The van der Waals surface area contributed by atoms with Crippen LogP contribution in [0.1, 0.15) is 47.0 Å². The van der Waals surface area contributed by atoms with Gasteiger partial charge in [0.1, 0.15) is 8.24 Å². The summed E-state index contributed by atoms with van der Waals surface area (Å²) in [6.07, 6.45) is 4.11. The number of hydrogen-bond donors (Lipinski definition) is 0. The molecule has 14 heavy (non-hydrogen) atoms. The van der Waals surface area contributed by atoms with Crippen LogP contribution in [-0.4, -0.2) is 26.4 Å². The number of nitrogens with zero attached hydrogens (tertiary/aromatic N) is 1. The van der Waals surface area contributed by atoms with Crippen LogP contribution < -0.4 is 0 Å². The van der Waals surface area contributed by atoms with Gasteiger partial charge in [-0.1, -0.05) is 47.0 Å². The van der Waals surface area contributed by atoms with Gasteiger partial charge < -0.3 is 4.57 Å². The minimum Gasteiger partial charge on any atom is -0.326 e. The Labute approximate surface area is 92.0 Å². The van der Waals surface area contributed by atoms with Crippen LogP contribution >= 0.6 is 0 Å². The smallest absolute Gasteiger partial charge is 0.128 e. The van der Waals surface area contributed by atoms with E-state index in [9.17, 15) is 0 Å². The summed E-state index contributed by atoms with van der Waals surface area (Å²) in [5, 5.41) is 0. The minimum absolute atomic E-state index is 1.07. The lowest BCUT2D eigenvalue weighted by Gasteiger charge is -2.39. The summed E-state index contributed by atoms with van der Waals surface area (Å²) in [7, 11) is 1.29. The molecule has 0 amide bonds. The van der Waals surface area contributed by atoms with Crippen molar-refractivity contribution in [1.29, 1.82) is 0 Å². The van der Waals surface area contributed by atoms with E-state index in [1.807, 2.05) is 0 Å². The zero-order valence-electron chi connectivity index (χ0n) is 10.9. The lowest BCUT2D eigenvalue weighted by molar-refractivity contribution is 0.512. The zero-order chi connectivity index (χ0) is 11.0. The van der Waals surface area contributed by atoms with E-state index in [0.29, 0.717) is 0 Å². The van der Waals surface area contributed by atoms with Gasteiger partial charge in [0.05, 0.1) is 0 Å². The Morgan fingerprint density at radius 2 is 1.14 bits per heavy atom. The Morgan fingerprint density at radius 3 is 1.36 bits per heavy atom. The van der Waals surface area contributed by atoms with Crippen molar-refractivity contribution in [3.63, 3.8) is 0 Å². The van der Waals surface area contributed by atoms with Crippen molar-refractivity contribution >= 4 is 8.24 Å². The highest BCUT2D eigenvalue weighted by molar-refractivity contribution is 6.77. The van der Waals surface area contributed by atoms with Gasteiger partial charge >= 0.3 is 0 Å². The van der Waals surface area contributed by atoms with Gasteiger partial charge in [-0.25, -0.2) is 0 Å². The van der Waals surface area contributed by atoms with E-state index in [2.05, 4.69) is 39.3 Å². The van der Waals surface area contributed by atoms with Crippen LogP contribution in [0.3, 0.4) is 0 Å². The van der Waals surface area contributed by atoms with Crippen molar-refractivity contribution in [3.8, 4) is 0 Å². The molecule has 0 bridgehead atoms. The third-order valence-electron chi connectivity index (χ3n) is 3.43. The maximum absolute atomic E-state index is 2.71. The molecule has 0 atom stereocenters. The average Bonchev–Trinajstić information content (AvgIpc) is 2.17. The van der Waals surface area contributed by atoms with Crippen molar-refractivity contribution in [2.45, 2.75) is 65.1 Å². The molecule has 86 valence electrons. The first-order chi connectivity index (χ1) is 6.66. The molecule has 0 aliphatic rings. The maximum atomic E-state index is 2.71. The Kier molecular flexibility index (Phi) is 7.56. The highest BCUT2D eigenvalue weighted by Gasteiger charge is 2.33. The van der Waals surface area contributed by atoms with E-state index in [1.165, 1.54) is 43.9 Å². The summed E-state index contributed by atoms with van der Waals surface area (Å²) in [4.78, 5) is 0. The van der Waals surface area contributed by atoms with Gasteiger partial charge in [-0.15, -0.1) is 0 Å². The summed E-state index contributed by atoms with van der Waals surface area (Å²) < 4.78 is 2.71. The highest BCUT2D eigenvalue weighted by atomic mass is 28.3. The fourth-order valence-electron chi connectivity index (χ4n) is 2.68. The van der Waals surface area contributed by atoms with E-state index in [4.69, 9.17) is 0 Å². The summed E-state index contributed by atoms with van der Waals surface area (Å²) in [6.45, 7) is 10.6. The molecule has 0 spiro atoms. The van der Waals surface area contributed by atoms with Crippen molar-refractivity contribution < 1.29 is 0 Å². The molecule has 0 N–H and O–H groups in total. The van der Waals surface area contributed by atoms with Crippen molar-refractivity contribution in [2.75, 3.05) is 13.6 Å². The van der Waals surface area contributed by atoms with Crippen LogP contribution in [0.4, 0.5) is 0 Å². The van der Waals surface area contributed by atoms with E-state index >= 15 is 0 Å². The van der Waals surface area contributed by atoms with Crippen LogP contribution in [-0.2, 0) is 0 Å². The molecule has 0 aliphatic carbocycles. The standard InChI is InChI=1S/C12H29NSi/c1-6-10-14(11-7-2,12-8-3)13(5)9-4/h6-12H2,1-5H3. The Hall–Kier alpha value is 0.177. The first kappa shape index (κ1) is 14.2. The first-order valence-electron chi connectivity index (χ1n) is 6.38.